The van der Waals surface area contributed by atoms with Crippen LogP contribution in [0, 0.1) is 0 Å². The monoisotopic (exact) mass is 265 g/mol. The summed E-state index contributed by atoms with van der Waals surface area (Å²) >= 11 is 0. The molecule has 102 valence electrons. The van der Waals surface area contributed by atoms with Gasteiger partial charge in [-0.3, -0.25) is 4.98 Å². The maximum absolute atomic E-state index is 4.08. The summed E-state index contributed by atoms with van der Waals surface area (Å²) in [6.07, 6.45) is 5.95. The molecule has 0 saturated heterocycles. The molecule has 0 aliphatic carbocycles. The molecule has 0 atom stereocenters. The number of hydrogen-bond acceptors (Lipinski definition) is 2. The van der Waals surface area contributed by atoms with Crippen molar-refractivity contribution in [2.45, 2.75) is 20.0 Å². The van der Waals surface area contributed by atoms with Gasteiger partial charge in [-0.15, -0.1) is 0 Å². The van der Waals surface area contributed by atoms with Crippen molar-refractivity contribution >= 4 is 10.9 Å². The molecule has 0 amide bonds. The Hall–Kier alpha value is -2.13. The van der Waals surface area contributed by atoms with E-state index < -0.39 is 0 Å². The van der Waals surface area contributed by atoms with Gasteiger partial charge in [0.15, 0.2) is 0 Å². The lowest BCUT2D eigenvalue weighted by Gasteiger charge is -2.04. The highest BCUT2D eigenvalue weighted by atomic mass is 15.0. The maximum Gasteiger partial charge on any atom is 0.0486 e. The van der Waals surface area contributed by atoms with Gasteiger partial charge >= 0.3 is 0 Å². The quantitative estimate of drug-likeness (QED) is 0.768. The summed E-state index contributed by atoms with van der Waals surface area (Å²) in [7, 11) is 0. The molecular weight excluding hydrogens is 246 g/mol. The zero-order chi connectivity index (χ0) is 13.8. The van der Waals surface area contributed by atoms with E-state index in [0.717, 1.165) is 19.6 Å². The number of aromatic nitrogens is 2. The third kappa shape index (κ3) is 2.58. The van der Waals surface area contributed by atoms with Crippen molar-refractivity contribution in [2.75, 3.05) is 6.54 Å². The third-order valence-electron chi connectivity index (χ3n) is 3.54. The molecule has 0 bridgehead atoms. The molecule has 20 heavy (non-hydrogen) atoms. The van der Waals surface area contributed by atoms with Crippen LogP contribution in [0.1, 0.15) is 18.1 Å². The molecule has 0 aliphatic rings. The highest BCUT2D eigenvalue weighted by Gasteiger charge is 2.07. The van der Waals surface area contributed by atoms with Crippen LogP contribution in [0.2, 0.25) is 0 Å². The zero-order valence-corrected chi connectivity index (χ0v) is 11.7. The summed E-state index contributed by atoms with van der Waals surface area (Å²) in [6, 6.07) is 12.7. The molecule has 0 spiro atoms. The van der Waals surface area contributed by atoms with Crippen molar-refractivity contribution in [3.8, 4) is 0 Å². The smallest absolute Gasteiger partial charge is 0.0486 e. The van der Waals surface area contributed by atoms with Crippen molar-refractivity contribution in [2.24, 2.45) is 0 Å². The fourth-order valence-electron chi connectivity index (χ4n) is 2.54. The molecule has 3 heteroatoms. The van der Waals surface area contributed by atoms with E-state index in [1.54, 1.807) is 0 Å². The molecule has 0 fully saturated rings. The molecular formula is C17H19N3. The van der Waals surface area contributed by atoms with Gasteiger partial charge in [0, 0.05) is 42.6 Å². The van der Waals surface area contributed by atoms with Crippen molar-refractivity contribution in [1.29, 1.82) is 0 Å². The van der Waals surface area contributed by atoms with Crippen LogP contribution in [0.15, 0.2) is 55.0 Å². The molecule has 3 nitrogen and oxygen atoms in total. The standard InChI is InChI=1S/C17H19N3/c1-2-18-11-15-13-20(12-14-7-9-19-10-8-14)17-6-4-3-5-16(15)17/h3-10,13,18H,2,11-12H2,1H3. The summed E-state index contributed by atoms with van der Waals surface area (Å²) in [4.78, 5) is 4.08. The minimum Gasteiger partial charge on any atom is -0.343 e. The number of nitrogens with zero attached hydrogens (tertiary/aromatic N) is 2. The second-order valence-corrected chi connectivity index (χ2v) is 4.94. The minimum absolute atomic E-state index is 0.884. The lowest BCUT2D eigenvalue weighted by molar-refractivity contribution is 0.724. The third-order valence-corrected chi connectivity index (χ3v) is 3.54. The van der Waals surface area contributed by atoms with E-state index in [-0.39, 0.29) is 0 Å². The predicted octanol–water partition coefficient (Wildman–Crippen LogP) is 3.19. The molecule has 2 heterocycles. The van der Waals surface area contributed by atoms with E-state index in [9.17, 15) is 0 Å². The first-order valence-corrected chi connectivity index (χ1v) is 7.05. The summed E-state index contributed by atoms with van der Waals surface area (Å²) in [5, 5.41) is 4.75. The van der Waals surface area contributed by atoms with Crippen LogP contribution in [0.4, 0.5) is 0 Å². The Bertz CT molecular complexity index is 686. The number of hydrogen-bond donors (Lipinski definition) is 1. The first-order valence-electron chi connectivity index (χ1n) is 7.05. The molecule has 0 unspecified atom stereocenters. The average Bonchev–Trinajstić information content (AvgIpc) is 2.85. The van der Waals surface area contributed by atoms with E-state index >= 15 is 0 Å². The Kier molecular flexibility index (Phi) is 3.79. The maximum atomic E-state index is 4.08. The Balaban J connectivity index is 1.98. The minimum atomic E-state index is 0.884. The van der Waals surface area contributed by atoms with Crippen LogP contribution in [0.3, 0.4) is 0 Å². The molecule has 1 aromatic carbocycles. The number of fused-ring (bicyclic) bond motifs is 1. The molecule has 2 aromatic heterocycles. The Labute approximate surface area is 119 Å². The fraction of sp³-hybridized carbons (Fsp3) is 0.235. The molecule has 3 aromatic rings. The lowest BCUT2D eigenvalue weighted by atomic mass is 10.2. The fourth-order valence-corrected chi connectivity index (χ4v) is 2.54. The van der Waals surface area contributed by atoms with E-state index in [1.165, 1.54) is 22.0 Å². The van der Waals surface area contributed by atoms with E-state index in [1.807, 2.05) is 12.4 Å². The normalized spacial score (nSPS) is 11.1. The number of pyridine rings is 1. The predicted molar refractivity (Wildman–Crippen MR) is 82.7 cm³/mol. The average molecular weight is 265 g/mol. The van der Waals surface area contributed by atoms with Crippen LogP contribution < -0.4 is 5.32 Å². The Morgan fingerprint density at radius 3 is 2.70 bits per heavy atom. The summed E-state index contributed by atoms with van der Waals surface area (Å²) in [6.45, 7) is 4.93. The van der Waals surface area contributed by atoms with Gasteiger partial charge in [0.05, 0.1) is 0 Å². The summed E-state index contributed by atoms with van der Waals surface area (Å²) < 4.78 is 2.32. The van der Waals surface area contributed by atoms with Gasteiger partial charge in [-0.1, -0.05) is 25.1 Å². The summed E-state index contributed by atoms with van der Waals surface area (Å²) in [5.41, 5.74) is 3.92. The van der Waals surface area contributed by atoms with Crippen LogP contribution in [-0.2, 0) is 13.1 Å². The SMILES string of the molecule is CCNCc1cn(Cc2ccncc2)c2ccccc12. The van der Waals surface area contributed by atoms with Crippen molar-refractivity contribution in [3.05, 3.63) is 66.1 Å². The Morgan fingerprint density at radius 2 is 1.90 bits per heavy atom. The molecule has 0 radical (unpaired) electrons. The van der Waals surface area contributed by atoms with Gasteiger partial charge in [0.25, 0.3) is 0 Å². The van der Waals surface area contributed by atoms with Crippen LogP contribution >= 0.6 is 0 Å². The van der Waals surface area contributed by atoms with Gasteiger partial charge in [-0.25, -0.2) is 0 Å². The highest BCUT2D eigenvalue weighted by Crippen LogP contribution is 2.22. The number of rotatable bonds is 5. The van der Waals surface area contributed by atoms with Crippen LogP contribution in [0.5, 0.6) is 0 Å². The van der Waals surface area contributed by atoms with Crippen molar-refractivity contribution < 1.29 is 0 Å². The highest BCUT2D eigenvalue weighted by molar-refractivity contribution is 5.84. The zero-order valence-electron chi connectivity index (χ0n) is 11.7. The first-order chi connectivity index (χ1) is 9.88. The van der Waals surface area contributed by atoms with Gasteiger partial charge < -0.3 is 9.88 Å². The van der Waals surface area contributed by atoms with E-state index in [2.05, 4.69) is 64.4 Å². The van der Waals surface area contributed by atoms with Gasteiger partial charge in [-0.2, -0.15) is 0 Å². The topological polar surface area (TPSA) is 29.9 Å². The lowest BCUT2D eigenvalue weighted by Crippen LogP contribution is -2.11. The number of nitrogens with one attached hydrogen (secondary N) is 1. The second-order valence-electron chi connectivity index (χ2n) is 4.94. The van der Waals surface area contributed by atoms with Gasteiger partial charge in [0.1, 0.15) is 0 Å². The van der Waals surface area contributed by atoms with Crippen molar-refractivity contribution in [1.82, 2.24) is 14.9 Å². The Morgan fingerprint density at radius 1 is 1.10 bits per heavy atom. The molecule has 1 N–H and O–H groups in total. The summed E-state index contributed by atoms with van der Waals surface area (Å²) in [5.74, 6) is 0. The molecule has 3 rings (SSSR count). The molecule has 0 aliphatic heterocycles. The molecule has 0 saturated carbocycles. The second kappa shape index (κ2) is 5.88. The van der Waals surface area contributed by atoms with E-state index in [4.69, 9.17) is 0 Å². The number of para-hydroxylation sites is 1. The number of benzene rings is 1. The first kappa shape index (κ1) is 12.9. The van der Waals surface area contributed by atoms with Crippen LogP contribution in [0.25, 0.3) is 10.9 Å². The van der Waals surface area contributed by atoms with Crippen molar-refractivity contribution in [3.63, 3.8) is 0 Å². The van der Waals surface area contributed by atoms with Gasteiger partial charge in [0.2, 0.25) is 0 Å². The van der Waals surface area contributed by atoms with Gasteiger partial charge in [-0.05, 0) is 35.9 Å². The van der Waals surface area contributed by atoms with Crippen LogP contribution in [-0.4, -0.2) is 16.1 Å². The van der Waals surface area contributed by atoms with E-state index in [0.29, 0.717) is 0 Å². The largest absolute Gasteiger partial charge is 0.343 e.